The molecule has 0 radical (unpaired) electrons. The molecule has 2 fully saturated rings. The Balaban J connectivity index is 1.69. The second-order valence-electron chi connectivity index (χ2n) is 6.87. The standard InChI is InChI=1S/C19H25N3O/c1-2-21-12-8-16-15(6-5-7-17(16)21)14-22-13-11-20-18(23)19(22)9-3-4-10-19/h5-8,12H,2-4,9-11,13-14H2,1H3,(H,20,23). The smallest absolute Gasteiger partial charge is 0.240 e. The highest BCUT2D eigenvalue weighted by molar-refractivity contribution is 5.88. The zero-order valence-corrected chi connectivity index (χ0v) is 13.8. The lowest BCUT2D eigenvalue weighted by Crippen LogP contribution is -2.63. The lowest BCUT2D eigenvalue weighted by atomic mass is 9.91. The first-order valence-corrected chi connectivity index (χ1v) is 8.85. The van der Waals surface area contributed by atoms with Crippen molar-refractivity contribution in [1.82, 2.24) is 14.8 Å². The number of aryl methyl sites for hydroxylation is 1. The number of hydrogen-bond acceptors (Lipinski definition) is 2. The average Bonchev–Trinajstić information content (AvgIpc) is 3.20. The number of nitrogens with zero attached hydrogens (tertiary/aromatic N) is 2. The molecule has 0 bridgehead atoms. The Morgan fingerprint density at radius 1 is 1.22 bits per heavy atom. The van der Waals surface area contributed by atoms with Gasteiger partial charge in [-0.05, 0) is 37.5 Å². The Morgan fingerprint density at radius 3 is 2.83 bits per heavy atom. The lowest BCUT2D eigenvalue weighted by Gasteiger charge is -2.43. The third-order valence-corrected chi connectivity index (χ3v) is 5.73. The van der Waals surface area contributed by atoms with Crippen molar-refractivity contribution < 1.29 is 4.79 Å². The topological polar surface area (TPSA) is 37.3 Å². The molecule has 122 valence electrons. The predicted octanol–water partition coefficient (Wildman–Crippen LogP) is 2.91. The summed E-state index contributed by atoms with van der Waals surface area (Å²) in [7, 11) is 0. The number of nitrogens with one attached hydrogen (secondary N) is 1. The van der Waals surface area contributed by atoms with Crippen molar-refractivity contribution in [2.45, 2.75) is 51.2 Å². The zero-order chi connectivity index (χ0) is 15.9. The second kappa shape index (κ2) is 5.68. The van der Waals surface area contributed by atoms with Crippen LogP contribution in [0.25, 0.3) is 10.9 Å². The monoisotopic (exact) mass is 311 g/mol. The molecule has 2 heterocycles. The fourth-order valence-corrected chi connectivity index (χ4v) is 4.47. The molecule has 1 saturated heterocycles. The van der Waals surface area contributed by atoms with E-state index >= 15 is 0 Å². The highest BCUT2D eigenvalue weighted by atomic mass is 16.2. The Labute approximate surface area is 137 Å². The minimum Gasteiger partial charge on any atom is -0.353 e. The van der Waals surface area contributed by atoms with E-state index in [0.29, 0.717) is 0 Å². The van der Waals surface area contributed by atoms with Gasteiger partial charge in [0.1, 0.15) is 5.54 Å². The quantitative estimate of drug-likeness (QED) is 0.946. The number of piperazine rings is 1. The van der Waals surface area contributed by atoms with Crippen LogP contribution in [0.2, 0.25) is 0 Å². The number of rotatable bonds is 3. The van der Waals surface area contributed by atoms with Gasteiger partial charge in [-0.2, -0.15) is 0 Å². The van der Waals surface area contributed by atoms with Gasteiger partial charge in [-0.1, -0.05) is 25.0 Å². The van der Waals surface area contributed by atoms with Gasteiger partial charge in [-0.15, -0.1) is 0 Å². The van der Waals surface area contributed by atoms with Crippen molar-refractivity contribution in [3.05, 3.63) is 36.0 Å². The fourth-order valence-electron chi connectivity index (χ4n) is 4.47. The predicted molar refractivity (Wildman–Crippen MR) is 92.2 cm³/mol. The van der Waals surface area contributed by atoms with Crippen molar-refractivity contribution in [2.24, 2.45) is 0 Å². The summed E-state index contributed by atoms with van der Waals surface area (Å²) in [5, 5.41) is 4.42. The first-order valence-electron chi connectivity index (χ1n) is 8.85. The van der Waals surface area contributed by atoms with Gasteiger partial charge in [0.15, 0.2) is 0 Å². The Morgan fingerprint density at radius 2 is 2.04 bits per heavy atom. The summed E-state index contributed by atoms with van der Waals surface area (Å²) in [5.41, 5.74) is 2.39. The number of carbonyl (C=O) groups excluding carboxylic acids is 1. The first-order chi connectivity index (χ1) is 11.2. The highest BCUT2D eigenvalue weighted by Crippen LogP contribution is 2.38. The maximum atomic E-state index is 12.6. The molecule has 1 spiro atoms. The molecule has 1 N–H and O–H groups in total. The number of benzene rings is 1. The van der Waals surface area contributed by atoms with Crippen LogP contribution in [0, 0.1) is 0 Å². The van der Waals surface area contributed by atoms with Gasteiger partial charge in [0.25, 0.3) is 0 Å². The molecule has 0 unspecified atom stereocenters. The van der Waals surface area contributed by atoms with Crippen LogP contribution < -0.4 is 5.32 Å². The molecule has 4 heteroatoms. The molecular formula is C19H25N3O. The summed E-state index contributed by atoms with van der Waals surface area (Å²) in [4.78, 5) is 15.0. The Kier molecular flexibility index (Phi) is 3.64. The number of carbonyl (C=O) groups is 1. The third-order valence-electron chi connectivity index (χ3n) is 5.73. The number of aromatic nitrogens is 1. The van der Waals surface area contributed by atoms with Gasteiger partial charge in [0, 0.05) is 43.3 Å². The Bertz CT molecular complexity index is 727. The molecule has 1 amide bonds. The van der Waals surface area contributed by atoms with E-state index in [1.54, 1.807) is 0 Å². The molecule has 23 heavy (non-hydrogen) atoms. The molecular weight excluding hydrogens is 286 g/mol. The Hall–Kier alpha value is -1.81. The van der Waals surface area contributed by atoms with E-state index in [1.807, 2.05) is 0 Å². The van der Waals surface area contributed by atoms with Crippen LogP contribution in [0.5, 0.6) is 0 Å². The molecule has 4 nitrogen and oxygen atoms in total. The normalized spacial score (nSPS) is 21.2. The largest absolute Gasteiger partial charge is 0.353 e. The van der Waals surface area contributed by atoms with Crippen LogP contribution in [-0.2, 0) is 17.9 Å². The van der Waals surface area contributed by atoms with Crippen LogP contribution in [0.4, 0.5) is 0 Å². The van der Waals surface area contributed by atoms with E-state index in [2.05, 4.69) is 52.2 Å². The van der Waals surface area contributed by atoms with Crippen LogP contribution in [-0.4, -0.2) is 34.0 Å². The van der Waals surface area contributed by atoms with Crippen molar-refractivity contribution in [3.8, 4) is 0 Å². The molecule has 2 aromatic rings. The maximum Gasteiger partial charge on any atom is 0.240 e. The third kappa shape index (κ3) is 2.27. The molecule has 1 saturated carbocycles. The minimum atomic E-state index is -0.256. The SMILES string of the molecule is CCn1ccc2c(CN3CCNC(=O)C34CCCC4)cccc21. The molecule has 1 aromatic carbocycles. The van der Waals surface area contributed by atoms with E-state index in [0.717, 1.165) is 39.0 Å². The summed E-state index contributed by atoms with van der Waals surface area (Å²) in [6, 6.07) is 8.78. The maximum absolute atomic E-state index is 12.6. The molecule has 2 aliphatic rings. The van der Waals surface area contributed by atoms with E-state index in [-0.39, 0.29) is 11.4 Å². The molecule has 0 atom stereocenters. The fraction of sp³-hybridized carbons (Fsp3) is 0.526. The summed E-state index contributed by atoms with van der Waals surface area (Å²) < 4.78 is 2.28. The van der Waals surface area contributed by atoms with Crippen LogP contribution in [0.3, 0.4) is 0 Å². The summed E-state index contributed by atoms with van der Waals surface area (Å²) in [6.45, 7) is 5.76. The van der Waals surface area contributed by atoms with Gasteiger partial charge in [0.05, 0.1) is 0 Å². The van der Waals surface area contributed by atoms with Crippen molar-refractivity contribution >= 4 is 16.8 Å². The van der Waals surface area contributed by atoms with Gasteiger partial charge in [-0.3, -0.25) is 9.69 Å². The van der Waals surface area contributed by atoms with Crippen molar-refractivity contribution in [3.63, 3.8) is 0 Å². The summed E-state index contributed by atoms with van der Waals surface area (Å²) in [5.74, 6) is 0.250. The van der Waals surface area contributed by atoms with Gasteiger partial charge in [-0.25, -0.2) is 0 Å². The summed E-state index contributed by atoms with van der Waals surface area (Å²) in [6.07, 6.45) is 6.51. The number of amides is 1. The first kappa shape index (κ1) is 14.8. The summed E-state index contributed by atoms with van der Waals surface area (Å²) >= 11 is 0. The molecule has 4 rings (SSSR count). The van der Waals surface area contributed by atoms with E-state index < -0.39 is 0 Å². The van der Waals surface area contributed by atoms with Gasteiger partial charge < -0.3 is 9.88 Å². The minimum absolute atomic E-state index is 0.250. The van der Waals surface area contributed by atoms with Crippen LogP contribution >= 0.6 is 0 Å². The van der Waals surface area contributed by atoms with E-state index in [4.69, 9.17) is 0 Å². The lowest BCUT2D eigenvalue weighted by molar-refractivity contribution is -0.137. The molecule has 1 aromatic heterocycles. The number of fused-ring (bicyclic) bond motifs is 1. The van der Waals surface area contributed by atoms with Gasteiger partial charge in [0.2, 0.25) is 5.91 Å². The highest BCUT2D eigenvalue weighted by Gasteiger charge is 2.47. The zero-order valence-electron chi connectivity index (χ0n) is 13.8. The second-order valence-corrected chi connectivity index (χ2v) is 6.87. The van der Waals surface area contributed by atoms with Crippen LogP contribution in [0.15, 0.2) is 30.5 Å². The van der Waals surface area contributed by atoms with E-state index in [9.17, 15) is 4.79 Å². The van der Waals surface area contributed by atoms with Gasteiger partial charge >= 0.3 is 0 Å². The number of hydrogen-bond donors (Lipinski definition) is 1. The molecule has 1 aliphatic carbocycles. The average molecular weight is 311 g/mol. The van der Waals surface area contributed by atoms with Crippen molar-refractivity contribution in [1.29, 1.82) is 0 Å². The van der Waals surface area contributed by atoms with Crippen molar-refractivity contribution in [2.75, 3.05) is 13.1 Å². The molecule has 1 aliphatic heterocycles. The van der Waals surface area contributed by atoms with Crippen LogP contribution in [0.1, 0.15) is 38.2 Å². The van der Waals surface area contributed by atoms with E-state index in [1.165, 1.54) is 29.3 Å².